The van der Waals surface area contributed by atoms with Gasteiger partial charge in [0.2, 0.25) is 5.91 Å². The van der Waals surface area contributed by atoms with Crippen molar-refractivity contribution >= 4 is 23.2 Å². The van der Waals surface area contributed by atoms with E-state index in [1.54, 1.807) is 16.3 Å². The van der Waals surface area contributed by atoms with Crippen LogP contribution in [0.4, 0.5) is 0 Å². The van der Waals surface area contributed by atoms with E-state index in [-0.39, 0.29) is 23.8 Å². The normalized spacial score (nSPS) is 15.7. The van der Waals surface area contributed by atoms with Crippen LogP contribution < -0.4 is 5.32 Å². The van der Waals surface area contributed by atoms with E-state index in [1.807, 2.05) is 48.4 Å². The number of thiazole rings is 1. The molecule has 1 saturated heterocycles. The van der Waals surface area contributed by atoms with Crippen LogP contribution in [0.25, 0.3) is 16.3 Å². The summed E-state index contributed by atoms with van der Waals surface area (Å²) in [4.78, 5) is 31.8. The van der Waals surface area contributed by atoms with E-state index in [0.717, 1.165) is 16.3 Å². The van der Waals surface area contributed by atoms with Crippen LogP contribution in [0.15, 0.2) is 48.1 Å². The standard InChI is InChI=1S/C24H29N5O2S/c1-16(2)17(3)26-22(30)18-9-11-28(12-10-18)24(31)21-15-32-23(27-21)19-13-25-29(14-19)20-7-5-4-6-8-20/h4-8,13-18H,9-12H2,1-3H3,(H,26,30). The van der Waals surface area contributed by atoms with Crippen molar-refractivity contribution in [3.05, 3.63) is 53.8 Å². The minimum atomic E-state index is -0.0719. The average molecular weight is 452 g/mol. The number of amides is 2. The number of hydrogen-bond donors (Lipinski definition) is 1. The number of aromatic nitrogens is 3. The Labute approximate surface area is 192 Å². The molecule has 0 saturated carbocycles. The van der Waals surface area contributed by atoms with E-state index in [9.17, 15) is 9.59 Å². The second-order valence-corrected chi connectivity index (χ2v) is 9.51. The summed E-state index contributed by atoms with van der Waals surface area (Å²) in [5.74, 6) is 0.399. The molecule has 1 aliphatic heterocycles. The lowest BCUT2D eigenvalue weighted by atomic mass is 9.94. The number of hydrogen-bond acceptors (Lipinski definition) is 5. The number of para-hydroxylation sites is 1. The Hall–Kier alpha value is -3.00. The van der Waals surface area contributed by atoms with Gasteiger partial charge in [-0.3, -0.25) is 9.59 Å². The number of benzene rings is 1. The molecule has 0 radical (unpaired) electrons. The third-order valence-electron chi connectivity index (χ3n) is 6.10. The maximum Gasteiger partial charge on any atom is 0.273 e. The molecule has 0 bridgehead atoms. The minimum absolute atomic E-state index is 0.0323. The van der Waals surface area contributed by atoms with Crippen molar-refractivity contribution in [2.24, 2.45) is 11.8 Å². The highest BCUT2D eigenvalue weighted by Crippen LogP contribution is 2.26. The van der Waals surface area contributed by atoms with Gasteiger partial charge >= 0.3 is 0 Å². The lowest BCUT2D eigenvalue weighted by Crippen LogP contribution is -2.45. The van der Waals surface area contributed by atoms with Gasteiger partial charge in [-0.1, -0.05) is 32.0 Å². The third-order valence-corrected chi connectivity index (χ3v) is 6.99. The Kier molecular flexibility index (Phi) is 6.69. The average Bonchev–Trinajstić information content (AvgIpc) is 3.49. The molecule has 2 aromatic heterocycles. The van der Waals surface area contributed by atoms with E-state index in [1.165, 1.54) is 11.3 Å². The zero-order valence-electron chi connectivity index (χ0n) is 18.7. The van der Waals surface area contributed by atoms with Crippen LogP contribution in [0, 0.1) is 11.8 Å². The number of nitrogens with zero attached hydrogens (tertiary/aromatic N) is 4. The van der Waals surface area contributed by atoms with Gasteiger partial charge < -0.3 is 10.2 Å². The molecule has 1 N–H and O–H groups in total. The van der Waals surface area contributed by atoms with Gasteiger partial charge in [-0.25, -0.2) is 9.67 Å². The molecule has 168 valence electrons. The van der Waals surface area contributed by atoms with E-state index in [0.29, 0.717) is 37.5 Å². The Morgan fingerprint density at radius 2 is 1.84 bits per heavy atom. The summed E-state index contributed by atoms with van der Waals surface area (Å²) < 4.78 is 1.80. The molecule has 1 fully saturated rings. The van der Waals surface area contributed by atoms with Crippen molar-refractivity contribution in [3.63, 3.8) is 0 Å². The summed E-state index contributed by atoms with van der Waals surface area (Å²) in [6.07, 6.45) is 5.06. The summed E-state index contributed by atoms with van der Waals surface area (Å²) in [6, 6.07) is 10.0. The number of rotatable bonds is 6. The van der Waals surface area contributed by atoms with Crippen LogP contribution in [-0.2, 0) is 4.79 Å². The molecule has 8 heteroatoms. The topological polar surface area (TPSA) is 80.1 Å². The van der Waals surface area contributed by atoms with Gasteiger partial charge in [0.05, 0.1) is 11.9 Å². The van der Waals surface area contributed by atoms with Crippen LogP contribution in [0.1, 0.15) is 44.1 Å². The van der Waals surface area contributed by atoms with Crippen LogP contribution in [0.2, 0.25) is 0 Å². The molecule has 1 aromatic carbocycles. The van der Waals surface area contributed by atoms with E-state index < -0.39 is 0 Å². The van der Waals surface area contributed by atoms with Gasteiger partial charge in [0.25, 0.3) is 5.91 Å². The number of likely N-dealkylation sites (tertiary alicyclic amines) is 1. The summed E-state index contributed by atoms with van der Waals surface area (Å²) >= 11 is 1.44. The lowest BCUT2D eigenvalue weighted by molar-refractivity contribution is -0.127. The highest BCUT2D eigenvalue weighted by Gasteiger charge is 2.29. The number of carbonyl (C=O) groups is 2. The zero-order chi connectivity index (χ0) is 22.7. The second kappa shape index (κ2) is 9.65. The highest BCUT2D eigenvalue weighted by atomic mass is 32.1. The van der Waals surface area contributed by atoms with Crippen molar-refractivity contribution in [1.29, 1.82) is 0 Å². The summed E-state index contributed by atoms with van der Waals surface area (Å²) in [5.41, 5.74) is 2.31. The monoisotopic (exact) mass is 451 g/mol. The van der Waals surface area contributed by atoms with E-state index in [2.05, 4.69) is 29.2 Å². The molecular weight excluding hydrogens is 422 g/mol. The van der Waals surface area contributed by atoms with Crippen molar-refractivity contribution in [2.75, 3.05) is 13.1 Å². The largest absolute Gasteiger partial charge is 0.353 e. The molecule has 1 unspecified atom stereocenters. The maximum absolute atomic E-state index is 13.0. The summed E-state index contributed by atoms with van der Waals surface area (Å²) in [5, 5.41) is 10.1. The Morgan fingerprint density at radius 1 is 1.12 bits per heavy atom. The Balaban J connectivity index is 1.36. The summed E-state index contributed by atoms with van der Waals surface area (Å²) in [7, 11) is 0. The molecule has 7 nitrogen and oxygen atoms in total. The SMILES string of the molecule is CC(C)C(C)NC(=O)C1CCN(C(=O)c2csc(-c3cnn(-c4ccccc4)c3)n2)CC1. The van der Waals surface area contributed by atoms with Gasteiger partial charge in [0.1, 0.15) is 10.7 Å². The molecular formula is C24H29N5O2S. The third kappa shape index (κ3) is 4.91. The molecule has 32 heavy (non-hydrogen) atoms. The quantitative estimate of drug-likeness (QED) is 0.614. The fourth-order valence-electron chi connectivity index (χ4n) is 3.68. The first kappa shape index (κ1) is 22.2. The van der Waals surface area contributed by atoms with Gasteiger partial charge in [-0.05, 0) is 37.8 Å². The van der Waals surface area contributed by atoms with Crippen LogP contribution in [0.3, 0.4) is 0 Å². The lowest BCUT2D eigenvalue weighted by Gasteiger charge is -2.32. The number of nitrogens with one attached hydrogen (secondary N) is 1. The fourth-order valence-corrected chi connectivity index (χ4v) is 4.44. The summed E-state index contributed by atoms with van der Waals surface area (Å²) in [6.45, 7) is 7.38. The van der Waals surface area contributed by atoms with Crippen LogP contribution in [0.5, 0.6) is 0 Å². The van der Waals surface area contributed by atoms with E-state index in [4.69, 9.17) is 0 Å². The molecule has 2 amide bonds. The molecule has 1 aliphatic rings. The van der Waals surface area contributed by atoms with Gasteiger partial charge in [0, 0.05) is 42.2 Å². The fraction of sp³-hybridized carbons (Fsp3) is 0.417. The predicted molar refractivity (Wildman–Crippen MR) is 126 cm³/mol. The van der Waals surface area contributed by atoms with Crippen molar-refractivity contribution in [2.45, 2.75) is 39.7 Å². The van der Waals surface area contributed by atoms with Gasteiger partial charge in [0.15, 0.2) is 0 Å². The Morgan fingerprint density at radius 3 is 2.53 bits per heavy atom. The molecule has 4 rings (SSSR count). The smallest absolute Gasteiger partial charge is 0.273 e. The Bertz CT molecular complexity index is 1070. The van der Waals surface area contributed by atoms with Gasteiger partial charge in [-0.15, -0.1) is 11.3 Å². The number of piperidine rings is 1. The molecule has 3 aromatic rings. The molecule has 1 atom stereocenters. The molecule has 0 aliphatic carbocycles. The van der Waals surface area contributed by atoms with Crippen molar-refractivity contribution < 1.29 is 9.59 Å². The first-order chi connectivity index (χ1) is 15.4. The number of carbonyl (C=O) groups excluding carboxylic acids is 2. The van der Waals surface area contributed by atoms with Crippen molar-refractivity contribution in [3.8, 4) is 16.3 Å². The maximum atomic E-state index is 13.0. The van der Waals surface area contributed by atoms with Crippen LogP contribution >= 0.6 is 11.3 Å². The first-order valence-electron chi connectivity index (χ1n) is 11.1. The molecule has 0 spiro atoms. The predicted octanol–water partition coefficient (Wildman–Crippen LogP) is 4.01. The zero-order valence-corrected chi connectivity index (χ0v) is 19.5. The van der Waals surface area contributed by atoms with Crippen LogP contribution in [-0.4, -0.2) is 50.6 Å². The molecule has 3 heterocycles. The highest BCUT2D eigenvalue weighted by molar-refractivity contribution is 7.13. The van der Waals surface area contributed by atoms with Crippen molar-refractivity contribution in [1.82, 2.24) is 25.0 Å². The second-order valence-electron chi connectivity index (χ2n) is 8.65. The van der Waals surface area contributed by atoms with Gasteiger partial charge in [-0.2, -0.15) is 5.10 Å². The van der Waals surface area contributed by atoms with E-state index >= 15 is 0 Å². The first-order valence-corrected chi connectivity index (χ1v) is 12.0. The minimum Gasteiger partial charge on any atom is -0.353 e.